The van der Waals surface area contributed by atoms with Crippen LogP contribution >= 0.6 is 0 Å². The number of phenolic OH excluding ortho intramolecular Hbond substituents is 2. The Kier molecular flexibility index (Phi) is 5.93. The highest BCUT2D eigenvalue weighted by molar-refractivity contribution is 7.89. The Bertz CT molecular complexity index is 925. The maximum absolute atomic E-state index is 12.6. The van der Waals surface area contributed by atoms with Crippen molar-refractivity contribution in [2.45, 2.75) is 18.2 Å². The van der Waals surface area contributed by atoms with Crippen molar-refractivity contribution in [2.24, 2.45) is 5.10 Å². The van der Waals surface area contributed by atoms with Gasteiger partial charge in [0, 0.05) is 11.6 Å². The minimum Gasteiger partial charge on any atom is -0.508 e. The second-order valence-corrected chi connectivity index (χ2v) is 6.85. The monoisotopic (exact) mass is 380 g/mol. The zero-order chi connectivity index (χ0) is 19.3. The third kappa shape index (κ3) is 4.17. The van der Waals surface area contributed by atoms with Gasteiger partial charge in [-0.1, -0.05) is 6.92 Å². The van der Waals surface area contributed by atoms with Gasteiger partial charge in [-0.3, -0.25) is 0 Å². The smallest absolute Gasteiger partial charge is 0.280 e. The summed E-state index contributed by atoms with van der Waals surface area (Å²) in [5.74, 6) is 0.358. The summed E-state index contributed by atoms with van der Waals surface area (Å²) in [6, 6.07) is 8.20. The number of rotatable bonds is 7. The summed E-state index contributed by atoms with van der Waals surface area (Å²) < 4.78 is 35.3. The quantitative estimate of drug-likeness (QED) is 0.385. The van der Waals surface area contributed by atoms with Gasteiger partial charge in [-0.2, -0.15) is 18.4 Å². The van der Waals surface area contributed by atoms with Gasteiger partial charge in [0.15, 0.2) is 0 Å². The molecule has 0 spiro atoms. The summed E-state index contributed by atoms with van der Waals surface area (Å²) >= 11 is 0. The molecule has 2 rings (SSSR count). The molecule has 8 nitrogen and oxygen atoms in total. The van der Waals surface area contributed by atoms with Crippen molar-refractivity contribution in [1.82, 2.24) is 4.83 Å². The first-order chi connectivity index (χ1) is 12.3. The molecule has 0 radical (unpaired) electrons. The summed E-state index contributed by atoms with van der Waals surface area (Å²) in [4.78, 5) is 2.02. The van der Waals surface area contributed by atoms with E-state index in [9.17, 15) is 18.6 Å². The Labute approximate surface area is 151 Å². The number of aromatic hydroxyl groups is 2. The van der Waals surface area contributed by atoms with Crippen LogP contribution in [0.1, 0.15) is 18.9 Å². The Hall–Kier alpha value is -2.94. The number of sulfonamides is 1. The number of phenols is 2. The van der Waals surface area contributed by atoms with Crippen molar-refractivity contribution in [2.75, 3.05) is 14.2 Å². The van der Waals surface area contributed by atoms with E-state index in [1.807, 2.05) is 0 Å². The average Bonchev–Trinajstić information content (AvgIpc) is 2.64. The van der Waals surface area contributed by atoms with E-state index in [0.717, 1.165) is 0 Å². The molecule has 2 aromatic carbocycles. The number of methoxy groups -OCH3 is 2. The third-order valence-corrected chi connectivity index (χ3v) is 4.83. The molecule has 140 valence electrons. The molecule has 0 fully saturated rings. The summed E-state index contributed by atoms with van der Waals surface area (Å²) in [6.07, 6.45) is 0.319. The van der Waals surface area contributed by atoms with Gasteiger partial charge in [-0.25, -0.2) is 0 Å². The van der Waals surface area contributed by atoms with Gasteiger partial charge in [0.1, 0.15) is 27.9 Å². The molecule has 0 bridgehead atoms. The van der Waals surface area contributed by atoms with E-state index < -0.39 is 10.0 Å². The Morgan fingerprint density at radius 2 is 1.85 bits per heavy atom. The summed E-state index contributed by atoms with van der Waals surface area (Å²) in [5.41, 5.74) is 0.492. The van der Waals surface area contributed by atoms with E-state index in [-0.39, 0.29) is 33.4 Å². The number of nitrogens with zero attached hydrogens (tertiary/aromatic N) is 1. The molecule has 0 aliphatic rings. The van der Waals surface area contributed by atoms with Gasteiger partial charge in [0.05, 0.1) is 19.9 Å². The molecule has 0 aromatic heterocycles. The highest BCUT2D eigenvalue weighted by Crippen LogP contribution is 2.28. The Morgan fingerprint density at radius 1 is 1.12 bits per heavy atom. The van der Waals surface area contributed by atoms with Crippen molar-refractivity contribution in [3.8, 4) is 23.0 Å². The lowest BCUT2D eigenvalue weighted by Gasteiger charge is -2.12. The first-order valence-corrected chi connectivity index (χ1v) is 9.13. The van der Waals surface area contributed by atoms with E-state index in [4.69, 9.17) is 9.47 Å². The molecule has 2 aromatic rings. The van der Waals surface area contributed by atoms with E-state index in [1.54, 1.807) is 6.92 Å². The molecule has 3 N–H and O–H groups in total. The molecule has 26 heavy (non-hydrogen) atoms. The standard InChI is InChI=1S/C17H20N2O6S/c1-4-14(13-9-11(20)5-7-15(13)21)18-19-26(22,23)17-8-6-12(24-2)10-16(17)25-3/h5-10,19-21H,4H2,1-3H3/b18-14-. The lowest BCUT2D eigenvalue weighted by molar-refractivity contribution is 0.386. The molecule has 0 amide bonds. The SMILES string of the molecule is CC/C(=N/NS(=O)(=O)c1ccc(OC)cc1OC)c1cc(O)ccc1O. The molecular formula is C17H20N2O6S. The van der Waals surface area contributed by atoms with Crippen LogP contribution in [-0.4, -0.2) is 38.6 Å². The van der Waals surface area contributed by atoms with Crippen LogP contribution in [0.4, 0.5) is 0 Å². The largest absolute Gasteiger partial charge is 0.508 e. The number of hydrogen-bond donors (Lipinski definition) is 3. The summed E-state index contributed by atoms with van der Waals surface area (Å²) in [5, 5.41) is 23.4. The topological polar surface area (TPSA) is 117 Å². The van der Waals surface area contributed by atoms with Crippen LogP contribution in [0.15, 0.2) is 46.4 Å². The molecule has 0 aliphatic carbocycles. The van der Waals surface area contributed by atoms with E-state index in [2.05, 4.69) is 9.93 Å². The predicted molar refractivity (Wildman–Crippen MR) is 96.5 cm³/mol. The fourth-order valence-corrected chi connectivity index (χ4v) is 3.23. The summed E-state index contributed by atoms with van der Waals surface area (Å²) in [7, 11) is -1.22. The van der Waals surface area contributed by atoms with E-state index >= 15 is 0 Å². The maximum Gasteiger partial charge on any atom is 0.280 e. The third-order valence-electron chi connectivity index (χ3n) is 3.59. The second-order valence-electron chi connectivity index (χ2n) is 5.23. The molecule has 0 heterocycles. The molecular weight excluding hydrogens is 360 g/mol. The van der Waals surface area contributed by atoms with Gasteiger partial charge in [0.2, 0.25) is 0 Å². The minimum absolute atomic E-state index is 0.0707. The van der Waals surface area contributed by atoms with Crippen molar-refractivity contribution >= 4 is 15.7 Å². The Balaban J connectivity index is 2.39. The van der Waals surface area contributed by atoms with Crippen LogP contribution in [0, 0.1) is 0 Å². The van der Waals surface area contributed by atoms with Crippen LogP contribution in [0.5, 0.6) is 23.0 Å². The highest BCUT2D eigenvalue weighted by Gasteiger charge is 2.20. The van der Waals surface area contributed by atoms with Crippen molar-refractivity contribution in [3.05, 3.63) is 42.0 Å². The molecule has 0 saturated carbocycles. The number of benzene rings is 2. The van der Waals surface area contributed by atoms with Gasteiger partial charge in [0.25, 0.3) is 10.0 Å². The van der Waals surface area contributed by atoms with E-state index in [0.29, 0.717) is 12.2 Å². The molecule has 0 saturated heterocycles. The highest BCUT2D eigenvalue weighted by atomic mass is 32.2. The molecule has 9 heteroatoms. The number of nitrogens with one attached hydrogen (secondary N) is 1. The average molecular weight is 380 g/mol. The van der Waals surface area contributed by atoms with Gasteiger partial charge in [-0.05, 0) is 36.8 Å². The van der Waals surface area contributed by atoms with Crippen molar-refractivity contribution in [1.29, 1.82) is 0 Å². The van der Waals surface area contributed by atoms with Gasteiger partial charge < -0.3 is 19.7 Å². The van der Waals surface area contributed by atoms with E-state index in [1.165, 1.54) is 50.6 Å². The van der Waals surface area contributed by atoms with Crippen molar-refractivity contribution < 1.29 is 28.1 Å². The minimum atomic E-state index is -4.03. The lowest BCUT2D eigenvalue weighted by Crippen LogP contribution is -2.21. The second kappa shape index (κ2) is 7.96. The first-order valence-electron chi connectivity index (χ1n) is 7.65. The van der Waals surface area contributed by atoms with Crippen LogP contribution < -0.4 is 14.3 Å². The number of hydrogen-bond acceptors (Lipinski definition) is 7. The van der Waals surface area contributed by atoms with Crippen LogP contribution in [0.2, 0.25) is 0 Å². The number of hydrazone groups is 1. The zero-order valence-corrected chi connectivity index (χ0v) is 15.4. The molecule has 0 aliphatic heterocycles. The van der Waals surface area contributed by atoms with Gasteiger partial charge in [-0.15, -0.1) is 0 Å². The predicted octanol–water partition coefficient (Wildman–Crippen LogP) is 2.21. The fourth-order valence-electron chi connectivity index (χ4n) is 2.25. The van der Waals surface area contributed by atoms with Crippen LogP contribution in [-0.2, 0) is 10.0 Å². The lowest BCUT2D eigenvalue weighted by atomic mass is 10.1. The number of ether oxygens (including phenoxy) is 2. The van der Waals surface area contributed by atoms with Crippen LogP contribution in [0.3, 0.4) is 0 Å². The van der Waals surface area contributed by atoms with Gasteiger partial charge >= 0.3 is 0 Å². The zero-order valence-electron chi connectivity index (χ0n) is 14.6. The van der Waals surface area contributed by atoms with Crippen molar-refractivity contribution in [3.63, 3.8) is 0 Å². The maximum atomic E-state index is 12.6. The normalized spacial score (nSPS) is 11.9. The fraction of sp³-hybridized carbons (Fsp3) is 0.235. The summed E-state index contributed by atoms with van der Waals surface area (Å²) in [6.45, 7) is 1.74. The van der Waals surface area contributed by atoms with Crippen LogP contribution in [0.25, 0.3) is 0 Å². The first kappa shape index (κ1) is 19.4. The Morgan fingerprint density at radius 3 is 2.46 bits per heavy atom. The molecule has 0 unspecified atom stereocenters. The molecule has 0 atom stereocenters.